The average molecular weight is 467 g/mol. The van der Waals surface area contributed by atoms with Gasteiger partial charge in [-0.25, -0.2) is 5.01 Å². The highest BCUT2D eigenvalue weighted by Crippen LogP contribution is 2.31. The van der Waals surface area contributed by atoms with Crippen LogP contribution in [0.1, 0.15) is 28.0 Å². The predicted octanol–water partition coefficient (Wildman–Crippen LogP) is 4.91. The van der Waals surface area contributed by atoms with E-state index in [0.29, 0.717) is 22.6 Å². The molecule has 176 valence electrons. The molecule has 1 heterocycles. The molecule has 0 radical (unpaired) electrons. The molecular weight excluding hydrogens is 440 g/mol. The van der Waals surface area contributed by atoms with Crippen molar-refractivity contribution in [2.75, 3.05) is 5.01 Å². The van der Waals surface area contributed by atoms with E-state index in [1.807, 2.05) is 44.2 Å². The van der Waals surface area contributed by atoms with E-state index in [0.717, 1.165) is 16.1 Å². The number of nitrogens with zero attached hydrogens (tertiary/aromatic N) is 1. The summed E-state index contributed by atoms with van der Waals surface area (Å²) in [6.07, 6.45) is 4.31. The van der Waals surface area contributed by atoms with E-state index in [1.165, 1.54) is 18.4 Å². The lowest BCUT2D eigenvalue weighted by atomic mass is 9.85. The quantitative estimate of drug-likeness (QED) is 0.312. The van der Waals surface area contributed by atoms with Crippen LogP contribution in [0.15, 0.2) is 108 Å². The van der Waals surface area contributed by atoms with Crippen LogP contribution in [0.3, 0.4) is 0 Å². The van der Waals surface area contributed by atoms with Crippen molar-refractivity contribution in [1.82, 2.24) is 5.43 Å². The van der Waals surface area contributed by atoms with E-state index >= 15 is 0 Å². The zero-order valence-corrected chi connectivity index (χ0v) is 19.5. The van der Waals surface area contributed by atoms with Crippen molar-refractivity contribution >= 4 is 23.6 Å². The van der Waals surface area contributed by atoms with Crippen molar-refractivity contribution in [2.45, 2.75) is 19.4 Å². The molecule has 0 unspecified atom stereocenters. The Morgan fingerprint density at radius 3 is 1.91 bits per heavy atom. The third kappa shape index (κ3) is 5.23. The highest BCUT2D eigenvalue weighted by molar-refractivity contribution is 6.06. The molecule has 4 rings (SSSR count). The summed E-state index contributed by atoms with van der Waals surface area (Å²) in [7, 11) is 0. The van der Waals surface area contributed by atoms with Crippen LogP contribution in [-0.2, 0) is 15.2 Å². The van der Waals surface area contributed by atoms with Crippen LogP contribution in [0.4, 0.5) is 5.69 Å². The Labute approximate surface area is 204 Å². The van der Waals surface area contributed by atoms with Crippen LogP contribution in [0.2, 0.25) is 0 Å². The number of benzene rings is 3. The molecule has 0 aliphatic heterocycles. The van der Waals surface area contributed by atoms with Gasteiger partial charge in [-0.1, -0.05) is 77.9 Å². The maximum atomic E-state index is 13.8. The lowest BCUT2D eigenvalue weighted by molar-refractivity contribution is -0.138. The number of amides is 2. The fourth-order valence-corrected chi connectivity index (χ4v) is 3.64. The summed E-state index contributed by atoms with van der Waals surface area (Å²) in [6, 6.07) is 26.3. The minimum absolute atomic E-state index is 0.385. The summed E-state index contributed by atoms with van der Waals surface area (Å²) in [6.45, 7) is 3.85. The molecule has 0 aliphatic carbocycles. The van der Waals surface area contributed by atoms with Gasteiger partial charge in [0, 0.05) is 6.08 Å². The molecular formula is C29H26N2O4. The van der Waals surface area contributed by atoms with Gasteiger partial charge in [0.05, 0.1) is 12.0 Å². The minimum atomic E-state index is -2.04. The molecule has 0 aliphatic rings. The molecule has 0 fully saturated rings. The molecule has 2 amide bonds. The van der Waals surface area contributed by atoms with Gasteiger partial charge in [-0.3, -0.25) is 15.0 Å². The Balaban J connectivity index is 1.73. The van der Waals surface area contributed by atoms with Crippen molar-refractivity contribution in [3.63, 3.8) is 0 Å². The number of hydrazine groups is 1. The third-order valence-corrected chi connectivity index (χ3v) is 5.65. The number of nitrogens with one attached hydrogen (secondary N) is 1. The molecule has 3 aromatic carbocycles. The SMILES string of the molecule is Cc1ccc(C(O)(C(=O)NN(C(=O)C=Cc2ccco2)c2ccccc2)c2ccc(C)cc2)cc1. The van der Waals surface area contributed by atoms with Gasteiger partial charge in [-0.15, -0.1) is 0 Å². The molecule has 6 nitrogen and oxygen atoms in total. The fraction of sp³-hybridized carbons (Fsp3) is 0.103. The Bertz CT molecular complexity index is 1260. The van der Waals surface area contributed by atoms with Crippen LogP contribution in [-0.4, -0.2) is 16.9 Å². The van der Waals surface area contributed by atoms with Gasteiger partial charge >= 0.3 is 0 Å². The predicted molar refractivity (Wildman–Crippen MR) is 135 cm³/mol. The fourth-order valence-electron chi connectivity index (χ4n) is 3.64. The lowest BCUT2D eigenvalue weighted by Crippen LogP contribution is -2.54. The highest BCUT2D eigenvalue weighted by atomic mass is 16.3. The molecule has 4 aromatic rings. The number of rotatable bonds is 6. The Morgan fingerprint density at radius 1 is 0.829 bits per heavy atom. The number of carbonyl (C=O) groups is 2. The van der Waals surface area contributed by atoms with Gasteiger partial charge in [-0.05, 0) is 55.3 Å². The standard InChI is InChI=1S/C29H26N2O4/c1-21-10-14-23(15-11-21)29(34,24-16-12-22(2)13-17-24)28(33)30-31(25-7-4-3-5-8-25)27(32)19-18-26-9-6-20-35-26/h3-20,34H,1-2H3,(H,30,33). The van der Waals surface area contributed by atoms with Gasteiger partial charge < -0.3 is 9.52 Å². The average Bonchev–Trinajstić information content (AvgIpc) is 3.40. The summed E-state index contributed by atoms with van der Waals surface area (Å²) in [5, 5.41) is 13.0. The summed E-state index contributed by atoms with van der Waals surface area (Å²) in [4.78, 5) is 26.9. The number of anilines is 1. The van der Waals surface area contributed by atoms with E-state index in [9.17, 15) is 14.7 Å². The second-order valence-corrected chi connectivity index (χ2v) is 8.24. The first kappa shape index (κ1) is 23.7. The van der Waals surface area contributed by atoms with E-state index < -0.39 is 17.4 Å². The monoisotopic (exact) mass is 466 g/mol. The first-order chi connectivity index (χ1) is 16.9. The molecule has 6 heteroatoms. The smallest absolute Gasteiger partial charge is 0.280 e. The minimum Gasteiger partial charge on any atom is -0.465 e. The van der Waals surface area contributed by atoms with Gasteiger partial charge in [-0.2, -0.15) is 0 Å². The Kier molecular flexibility index (Phi) is 6.94. The number of carbonyl (C=O) groups excluding carboxylic acids is 2. The van der Waals surface area contributed by atoms with Crippen molar-refractivity contribution in [3.8, 4) is 0 Å². The van der Waals surface area contributed by atoms with E-state index in [2.05, 4.69) is 5.43 Å². The molecule has 0 saturated carbocycles. The number of hydrogen-bond acceptors (Lipinski definition) is 4. The van der Waals surface area contributed by atoms with Gasteiger partial charge in [0.1, 0.15) is 5.76 Å². The maximum Gasteiger partial charge on any atom is 0.280 e. The van der Waals surface area contributed by atoms with Crippen LogP contribution in [0.5, 0.6) is 0 Å². The molecule has 0 atom stereocenters. The molecule has 0 saturated heterocycles. The number of furan rings is 1. The Hall–Kier alpha value is -4.42. The molecule has 0 bridgehead atoms. The summed E-state index contributed by atoms with van der Waals surface area (Å²) in [5.41, 5.74) is 3.79. The number of aryl methyl sites for hydroxylation is 2. The van der Waals surface area contributed by atoms with Gasteiger partial charge in [0.15, 0.2) is 5.60 Å². The van der Waals surface area contributed by atoms with Crippen LogP contribution in [0, 0.1) is 13.8 Å². The van der Waals surface area contributed by atoms with Crippen molar-refractivity contribution in [2.24, 2.45) is 0 Å². The third-order valence-electron chi connectivity index (χ3n) is 5.65. The second kappa shape index (κ2) is 10.2. The molecule has 1 aromatic heterocycles. The highest BCUT2D eigenvalue weighted by Gasteiger charge is 2.41. The number of aliphatic hydroxyl groups is 1. The second-order valence-electron chi connectivity index (χ2n) is 8.24. The van der Waals surface area contributed by atoms with E-state index in [1.54, 1.807) is 60.7 Å². The van der Waals surface area contributed by atoms with Gasteiger partial charge in [0.25, 0.3) is 11.8 Å². The first-order valence-corrected chi connectivity index (χ1v) is 11.2. The normalized spacial score (nSPS) is 11.4. The summed E-state index contributed by atoms with van der Waals surface area (Å²) in [5.74, 6) is -0.793. The van der Waals surface area contributed by atoms with Crippen molar-refractivity contribution < 1.29 is 19.1 Å². The summed E-state index contributed by atoms with van der Waals surface area (Å²) >= 11 is 0. The van der Waals surface area contributed by atoms with Crippen molar-refractivity contribution in [3.05, 3.63) is 131 Å². The van der Waals surface area contributed by atoms with E-state index in [4.69, 9.17) is 4.42 Å². The zero-order valence-electron chi connectivity index (χ0n) is 19.5. The van der Waals surface area contributed by atoms with Crippen molar-refractivity contribution in [1.29, 1.82) is 0 Å². The zero-order chi connectivity index (χ0) is 24.8. The molecule has 2 N–H and O–H groups in total. The maximum absolute atomic E-state index is 13.8. The largest absolute Gasteiger partial charge is 0.465 e. The lowest BCUT2D eigenvalue weighted by Gasteiger charge is -2.31. The van der Waals surface area contributed by atoms with Crippen LogP contribution < -0.4 is 10.4 Å². The first-order valence-electron chi connectivity index (χ1n) is 11.2. The van der Waals surface area contributed by atoms with Crippen LogP contribution >= 0.6 is 0 Å². The molecule has 35 heavy (non-hydrogen) atoms. The molecule has 0 spiro atoms. The Morgan fingerprint density at radius 2 is 1.40 bits per heavy atom. The number of para-hydroxylation sites is 1. The van der Waals surface area contributed by atoms with E-state index in [-0.39, 0.29) is 0 Å². The van der Waals surface area contributed by atoms with Gasteiger partial charge in [0.2, 0.25) is 0 Å². The number of hydrogen-bond donors (Lipinski definition) is 2. The topological polar surface area (TPSA) is 82.8 Å². The summed E-state index contributed by atoms with van der Waals surface area (Å²) < 4.78 is 5.25. The van der Waals surface area contributed by atoms with Crippen LogP contribution in [0.25, 0.3) is 6.08 Å².